The molecule has 32 heavy (non-hydrogen) atoms. The third-order valence-corrected chi connectivity index (χ3v) is 5.23. The highest BCUT2D eigenvalue weighted by Crippen LogP contribution is 2.34. The molecule has 0 fully saturated rings. The minimum absolute atomic E-state index is 0.0604. The van der Waals surface area contributed by atoms with Crippen molar-refractivity contribution < 1.29 is 22.8 Å². The van der Waals surface area contributed by atoms with Gasteiger partial charge in [0.05, 0.1) is 29.2 Å². The minimum Gasteiger partial charge on any atom is -0.336 e. The number of likely N-dealkylation sites (N-methyl/N-ethyl adjacent to an activating group) is 1. The van der Waals surface area contributed by atoms with Crippen molar-refractivity contribution in [2.75, 3.05) is 24.7 Å². The van der Waals surface area contributed by atoms with Crippen LogP contribution in [0.1, 0.15) is 11.1 Å². The van der Waals surface area contributed by atoms with Crippen molar-refractivity contribution in [1.82, 2.24) is 25.1 Å². The Morgan fingerprint density at radius 3 is 2.62 bits per heavy atom. The molecule has 0 aliphatic carbocycles. The lowest BCUT2D eigenvalue weighted by Gasteiger charge is -2.18. The first-order valence-electron chi connectivity index (χ1n) is 9.33. The van der Waals surface area contributed by atoms with Crippen LogP contribution < -0.4 is 5.32 Å². The van der Waals surface area contributed by atoms with Gasteiger partial charge < -0.3 is 10.2 Å². The normalized spacial score (nSPS) is 11.3. The summed E-state index contributed by atoms with van der Waals surface area (Å²) in [5.74, 6) is -1.21. The van der Waals surface area contributed by atoms with Crippen LogP contribution in [0.4, 0.5) is 18.9 Å². The lowest BCUT2D eigenvalue weighted by atomic mass is 10.1. The zero-order valence-corrected chi connectivity index (χ0v) is 17.9. The molecule has 3 aromatic rings. The van der Waals surface area contributed by atoms with E-state index in [-0.39, 0.29) is 11.4 Å². The van der Waals surface area contributed by atoms with Gasteiger partial charge in [0.25, 0.3) is 0 Å². The van der Waals surface area contributed by atoms with Crippen molar-refractivity contribution >= 4 is 29.3 Å². The first-order chi connectivity index (χ1) is 15.1. The van der Waals surface area contributed by atoms with Gasteiger partial charge in [-0.3, -0.25) is 9.59 Å². The first-order valence-corrected chi connectivity index (χ1v) is 10.3. The number of nitrogens with zero attached hydrogens (tertiary/aromatic N) is 5. The van der Waals surface area contributed by atoms with Crippen LogP contribution in [0.2, 0.25) is 0 Å². The quantitative estimate of drug-likeness (QED) is 0.540. The third kappa shape index (κ3) is 5.84. The Morgan fingerprint density at radius 2 is 1.91 bits per heavy atom. The van der Waals surface area contributed by atoms with Gasteiger partial charge in [-0.1, -0.05) is 36.0 Å². The van der Waals surface area contributed by atoms with Gasteiger partial charge in [0.15, 0.2) is 0 Å². The fourth-order valence-corrected chi connectivity index (χ4v) is 3.59. The zero-order valence-electron chi connectivity index (χ0n) is 17.1. The number of para-hydroxylation sites is 1. The number of alkyl halides is 3. The molecule has 8 nitrogen and oxygen atoms in total. The van der Waals surface area contributed by atoms with Crippen molar-refractivity contribution in [2.45, 2.75) is 18.3 Å². The number of amides is 2. The number of halogens is 3. The molecule has 0 saturated carbocycles. The average molecular weight is 464 g/mol. The molecular formula is C20H19F3N6O2S. The smallest absolute Gasteiger partial charge is 0.336 e. The number of aryl methyl sites for hydroxylation is 1. The highest BCUT2D eigenvalue weighted by atomic mass is 32.2. The molecule has 1 N–H and O–H groups in total. The fraction of sp³-hybridized carbons (Fsp3) is 0.250. The largest absolute Gasteiger partial charge is 0.418 e. The minimum atomic E-state index is -4.61. The lowest BCUT2D eigenvalue weighted by Crippen LogP contribution is -2.36. The molecule has 3 rings (SSSR count). The summed E-state index contributed by atoms with van der Waals surface area (Å²) >= 11 is 1.08. The topological polar surface area (TPSA) is 93.0 Å². The monoisotopic (exact) mass is 464 g/mol. The van der Waals surface area contributed by atoms with E-state index in [9.17, 15) is 22.8 Å². The summed E-state index contributed by atoms with van der Waals surface area (Å²) in [5, 5.41) is 14.1. The number of tetrazole rings is 1. The van der Waals surface area contributed by atoms with Gasteiger partial charge in [-0.05, 0) is 47.2 Å². The molecule has 0 aliphatic heterocycles. The van der Waals surface area contributed by atoms with Crippen molar-refractivity contribution in [3.05, 3.63) is 59.7 Å². The standard InChI is InChI=1S/C20H19F3N6O2S/c1-13-6-5-7-14(10-13)29-19(25-26-27-29)32-12-18(31)28(2)11-17(30)24-16-9-4-3-8-15(16)20(21,22)23/h3-10H,11-12H2,1-2H3,(H,24,30). The Labute approximate surface area is 185 Å². The van der Waals surface area contributed by atoms with Gasteiger partial charge in [-0.2, -0.15) is 17.9 Å². The molecule has 1 heterocycles. The number of hydrogen-bond acceptors (Lipinski definition) is 6. The van der Waals surface area contributed by atoms with Crippen molar-refractivity contribution in [1.29, 1.82) is 0 Å². The van der Waals surface area contributed by atoms with Crippen molar-refractivity contribution in [3.63, 3.8) is 0 Å². The van der Waals surface area contributed by atoms with Crippen LogP contribution in [-0.2, 0) is 15.8 Å². The van der Waals surface area contributed by atoms with Crippen LogP contribution >= 0.6 is 11.8 Å². The Hall–Kier alpha value is -3.41. The number of aromatic nitrogens is 4. The molecule has 0 atom stereocenters. The van der Waals surface area contributed by atoms with Crippen LogP contribution in [0, 0.1) is 6.92 Å². The number of carbonyl (C=O) groups excluding carboxylic acids is 2. The molecule has 0 unspecified atom stereocenters. The number of thioether (sulfide) groups is 1. The maximum Gasteiger partial charge on any atom is 0.418 e. The van der Waals surface area contributed by atoms with Crippen LogP contribution in [0.15, 0.2) is 53.7 Å². The molecule has 12 heteroatoms. The predicted molar refractivity (Wildman–Crippen MR) is 112 cm³/mol. The van der Waals surface area contributed by atoms with Crippen molar-refractivity contribution in [2.24, 2.45) is 0 Å². The van der Waals surface area contributed by atoms with E-state index in [0.717, 1.165) is 40.0 Å². The van der Waals surface area contributed by atoms with E-state index in [0.29, 0.717) is 5.16 Å². The van der Waals surface area contributed by atoms with E-state index in [1.54, 1.807) is 0 Å². The summed E-state index contributed by atoms with van der Waals surface area (Å²) in [6.07, 6.45) is -4.61. The summed E-state index contributed by atoms with van der Waals surface area (Å²) < 4.78 is 40.7. The van der Waals surface area contributed by atoms with Gasteiger partial charge >= 0.3 is 6.18 Å². The third-order valence-electron chi connectivity index (χ3n) is 4.32. The summed E-state index contributed by atoms with van der Waals surface area (Å²) in [5.41, 5.74) is 0.433. The molecular weight excluding hydrogens is 445 g/mol. The highest BCUT2D eigenvalue weighted by molar-refractivity contribution is 7.99. The summed E-state index contributed by atoms with van der Waals surface area (Å²) in [6.45, 7) is 1.52. The SMILES string of the molecule is Cc1cccc(-n2nnnc2SCC(=O)N(C)CC(=O)Nc2ccccc2C(F)(F)F)c1. The van der Waals surface area contributed by atoms with Gasteiger partial charge in [-0.25, -0.2) is 0 Å². The van der Waals surface area contributed by atoms with E-state index < -0.39 is 30.1 Å². The number of hydrogen-bond donors (Lipinski definition) is 1. The fourth-order valence-electron chi connectivity index (χ4n) is 2.76. The maximum atomic E-state index is 13.1. The van der Waals surface area contributed by atoms with E-state index in [4.69, 9.17) is 0 Å². The molecule has 0 saturated heterocycles. The number of rotatable bonds is 7. The van der Waals surface area contributed by atoms with Gasteiger partial charge in [-0.15, -0.1) is 5.10 Å². The maximum absolute atomic E-state index is 13.1. The highest BCUT2D eigenvalue weighted by Gasteiger charge is 2.33. The molecule has 2 aromatic carbocycles. The summed E-state index contributed by atoms with van der Waals surface area (Å²) in [7, 11) is 1.39. The second kappa shape index (κ2) is 9.81. The Bertz CT molecular complexity index is 1120. The second-order valence-corrected chi connectivity index (χ2v) is 7.78. The van der Waals surface area contributed by atoms with Gasteiger partial charge in [0, 0.05) is 7.05 Å². The number of nitrogens with one attached hydrogen (secondary N) is 1. The number of carbonyl (C=O) groups is 2. The van der Waals surface area contributed by atoms with Crippen molar-refractivity contribution in [3.8, 4) is 5.69 Å². The molecule has 168 valence electrons. The van der Waals surface area contributed by atoms with E-state index in [2.05, 4.69) is 20.8 Å². The van der Waals surface area contributed by atoms with Crippen LogP contribution in [0.25, 0.3) is 5.69 Å². The zero-order chi connectivity index (χ0) is 23.3. The summed E-state index contributed by atoms with van der Waals surface area (Å²) in [6, 6.07) is 12.1. The van der Waals surface area contributed by atoms with Crippen LogP contribution in [-0.4, -0.2) is 56.3 Å². The van der Waals surface area contributed by atoms with Crippen LogP contribution in [0.5, 0.6) is 0 Å². The Balaban J connectivity index is 1.58. The Morgan fingerprint density at radius 1 is 1.16 bits per heavy atom. The number of benzene rings is 2. The van der Waals surface area contributed by atoms with Gasteiger partial charge in [0.1, 0.15) is 0 Å². The predicted octanol–water partition coefficient (Wildman–Crippen LogP) is 3.18. The van der Waals surface area contributed by atoms with E-state index in [1.807, 2.05) is 31.2 Å². The molecule has 0 aliphatic rings. The molecule has 0 spiro atoms. The molecule has 0 bridgehead atoms. The average Bonchev–Trinajstić information content (AvgIpc) is 3.20. The molecule has 0 radical (unpaired) electrons. The Kier molecular flexibility index (Phi) is 7.13. The first kappa shape index (κ1) is 23.3. The second-order valence-electron chi connectivity index (χ2n) is 6.84. The molecule has 2 amide bonds. The molecule has 1 aromatic heterocycles. The van der Waals surface area contributed by atoms with E-state index in [1.165, 1.54) is 23.9 Å². The lowest BCUT2D eigenvalue weighted by molar-refractivity contribution is -0.137. The van der Waals surface area contributed by atoms with E-state index >= 15 is 0 Å². The van der Waals surface area contributed by atoms with Gasteiger partial charge in [0.2, 0.25) is 17.0 Å². The number of anilines is 1. The van der Waals surface area contributed by atoms with Crippen LogP contribution in [0.3, 0.4) is 0 Å². The summed E-state index contributed by atoms with van der Waals surface area (Å²) in [4.78, 5) is 25.7.